The molecule has 0 aliphatic carbocycles. The van der Waals surface area contributed by atoms with E-state index in [1.54, 1.807) is 18.2 Å². The molecule has 0 aliphatic heterocycles. The van der Waals surface area contributed by atoms with Crippen LogP contribution >= 0.6 is 0 Å². The molecule has 1 atom stereocenters. The zero-order valence-electron chi connectivity index (χ0n) is 16.0. The summed E-state index contributed by atoms with van der Waals surface area (Å²) in [4.78, 5) is 38.5. The van der Waals surface area contributed by atoms with Gasteiger partial charge in [-0.2, -0.15) is 0 Å². The van der Waals surface area contributed by atoms with E-state index < -0.39 is 17.1 Å². The highest BCUT2D eigenvalue weighted by Crippen LogP contribution is 2.13. The Balaban J connectivity index is 2.24. The fourth-order valence-corrected chi connectivity index (χ4v) is 3.02. The number of halogens is 1. The quantitative estimate of drug-likeness (QED) is 0.736. The van der Waals surface area contributed by atoms with Gasteiger partial charge < -0.3 is 5.32 Å². The maximum Gasteiger partial charge on any atom is 0.336 e. The Bertz CT molecular complexity index is 1150. The monoisotopic (exact) mass is 383 g/mol. The van der Waals surface area contributed by atoms with E-state index in [-0.39, 0.29) is 24.2 Å². The van der Waals surface area contributed by atoms with Crippen molar-refractivity contribution in [2.45, 2.75) is 39.8 Å². The highest BCUT2D eigenvalue weighted by molar-refractivity contribution is 5.82. The maximum absolute atomic E-state index is 13.3. The van der Waals surface area contributed by atoms with Crippen molar-refractivity contribution in [3.63, 3.8) is 0 Å². The predicted molar refractivity (Wildman–Crippen MR) is 106 cm³/mol. The molecule has 0 fully saturated rings. The van der Waals surface area contributed by atoms with E-state index in [0.29, 0.717) is 10.9 Å². The van der Waals surface area contributed by atoms with Crippen LogP contribution in [0.5, 0.6) is 0 Å². The SMILES string of the molecule is CC[C@H](C)NC(=O)Cn1c(=O)n(-c2ccc(F)cc2)c(=O)c2cc(C)ccc21. The van der Waals surface area contributed by atoms with Crippen LogP contribution in [0.4, 0.5) is 4.39 Å². The van der Waals surface area contributed by atoms with Crippen LogP contribution in [0.1, 0.15) is 25.8 Å². The van der Waals surface area contributed by atoms with Gasteiger partial charge in [-0.25, -0.2) is 13.8 Å². The van der Waals surface area contributed by atoms with E-state index in [2.05, 4.69) is 5.32 Å². The Morgan fingerprint density at radius 2 is 1.82 bits per heavy atom. The number of aryl methyl sites for hydroxylation is 1. The van der Waals surface area contributed by atoms with E-state index in [0.717, 1.165) is 16.6 Å². The van der Waals surface area contributed by atoms with Crippen molar-refractivity contribution in [3.05, 3.63) is 74.7 Å². The molecule has 146 valence electrons. The van der Waals surface area contributed by atoms with Crippen molar-refractivity contribution in [3.8, 4) is 5.69 Å². The van der Waals surface area contributed by atoms with Gasteiger partial charge in [0, 0.05) is 6.04 Å². The molecular formula is C21H22FN3O3. The Labute approximate surface area is 161 Å². The number of fused-ring (bicyclic) bond motifs is 1. The number of carbonyl (C=O) groups is 1. The van der Waals surface area contributed by atoms with E-state index in [1.807, 2.05) is 20.8 Å². The average molecular weight is 383 g/mol. The number of amides is 1. The molecule has 28 heavy (non-hydrogen) atoms. The van der Waals surface area contributed by atoms with Gasteiger partial charge in [-0.15, -0.1) is 0 Å². The van der Waals surface area contributed by atoms with Crippen molar-refractivity contribution < 1.29 is 9.18 Å². The van der Waals surface area contributed by atoms with Crippen LogP contribution in [0, 0.1) is 12.7 Å². The maximum atomic E-state index is 13.3. The zero-order chi connectivity index (χ0) is 20.4. The average Bonchev–Trinajstić information content (AvgIpc) is 2.66. The molecule has 6 nitrogen and oxygen atoms in total. The Morgan fingerprint density at radius 1 is 1.14 bits per heavy atom. The first-order valence-corrected chi connectivity index (χ1v) is 9.13. The molecule has 1 amide bonds. The highest BCUT2D eigenvalue weighted by atomic mass is 19.1. The van der Waals surface area contributed by atoms with E-state index in [4.69, 9.17) is 0 Å². The van der Waals surface area contributed by atoms with Crippen LogP contribution in [-0.2, 0) is 11.3 Å². The number of nitrogens with one attached hydrogen (secondary N) is 1. The molecule has 3 rings (SSSR count). The second-order valence-electron chi connectivity index (χ2n) is 6.88. The van der Waals surface area contributed by atoms with E-state index in [9.17, 15) is 18.8 Å². The number of hydrogen-bond acceptors (Lipinski definition) is 3. The van der Waals surface area contributed by atoms with Gasteiger partial charge in [0.2, 0.25) is 5.91 Å². The molecule has 7 heteroatoms. The topological polar surface area (TPSA) is 73.1 Å². The molecule has 1 heterocycles. The van der Waals surface area contributed by atoms with Gasteiger partial charge in [0.25, 0.3) is 5.56 Å². The fourth-order valence-electron chi connectivity index (χ4n) is 3.02. The minimum absolute atomic E-state index is 0.0280. The van der Waals surface area contributed by atoms with Crippen LogP contribution in [0.25, 0.3) is 16.6 Å². The molecule has 0 saturated heterocycles. The Kier molecular flexibility index (Phi) is 5.44. The van der Waals surface area contributed by atoms with Crippen molar-refractivity contribution in [2.75, 3.05) is 0 Å². The summed E-state index contributed by atoms with van der Waals surface area (Å²) in [5, 5.41) is 3.15. The normalized spacial score (nSPS) is 12.1. The first kappa shape index (κ1) is 19.5. The number of hydrogen-bond donors (Lipinski definition) is 1. The van der Waals surface area contributed by atoms with Crippen LogP contribution in [0.15, 0.2) is 52.1 Å². The third-order valence-corrected chi connectivity index (χ3v) is 4.70. The van der Waals surface area contributed by atoms with Gasteiger partial charge in [-0.05, 0) is 56.7 Å². The van der Waals surface area contributed by atoms with Gasteiger partial charge in [-0.1, -0.05) is 18.6 Å². The molecule has 3 aromatic rings. The van der Waals surface area contributed by atoms with Crippen LogP contribution in [0.2, 0.25) is 0 Å². The van der Waals surface area contributed by atoms with Crippen molar-refractivity contribution in [2.24, 2.45) is 0 Å². The van der Waals surface area contributed by atoms with Crippen molar-refractivity contribution in [1.82, 2.24) is 14.5 Å². The van der Waals surface area contributed by atoms with Crippen molar-refractivity contribution in [1.29, 1.82) is 0 Å². The minimum Gasteiger partial charge on any atom is -0.352 e. The van der Waals surface area contributed by atoms with Crippen LogP contribution in [-0.4, -0.2) is 21.1 Å². The lowest BCUT2D eigenvalue weighted by molar-refractivity contribution is -0.122. The summed E-state index contributed by atoms with van der Waals surface area (Å²) in [5.41, 5.74) is 0.333. The van der Waals surface area contributed by atoms with E-state index in [1.165, 1.54) is 28.8 Å². The van der Waals surface area contributed by atoms with E-state index >= 15 is 0 Å². The van der Waals surface area contributed by atoms with Gasteiger partial charge in [0.15, 0.2) is 0 Å². The first-order valence-electron chi connectivity index (χ1n) is 9.13. The van der Waals surface area contributed by atoms with Gasteiger partial charge in [-0.3, -0.25) is 14.2 Å². The molecule has 0 saturated carbocycles. The predicted octanol–water partition coefficient (Wildman–Crippen LogP) is 2.51. The zero-order valence-corrected chi connectivity index (χ0v) is 16.0. The molecule has 0 bridgehead atoms. The first-order chi connectivity index (χ1) is 13.3. The lowest BCUT2D eigenvalue weighted by Crippen LogP contribution is -2.43. The third-order valence-electron chi connectivity index (χ3n) is 4.70. The summed E-state index contributed by atoms with van der Waals surface area (Å²) < 4.78 is 15.5. The third kappa shape index (κ3) is 3.74. The summed E-state index contributed by atoms with van der Waals surface area (Å²) >= 11 is 0. The smallest absolute Gasteiger partial charge is 0.336 e. The number of rotatable bonds is 5. The van der Waals surface area contributed by atoms with Gasteiger partial charge in [0.1, 0.15) is 12.4 Å². The number of aromatic nitrogens is 2. The molecule has 2 aromatic carbocycles. The molecule has 0 unspecified atom stereocenters. The highest BCUT2D eigenvalue weighted by Gasteiger charge is 2.17. The molecule has 0 radical (unpaired) electrons. The molecular weight excluding hydrogens is 361 g/mol. The minimum atomic E-state index is -0.646. The second kappa shape index (κ2) is 7.80. The molecule has 1 aromatic heterocycles. The Morgan fingerprint density at radius 3 is 2.46 bits per heavy atom. The molecule has 0 aliphatic rings. The summed E-state index contributed by atoms with van der Waals surface area (Å²) in [6.45, 7) is 5.45. The molecule has 0 spiro atoms. The number of carbonyl (C=O) groups excluding carboxylic acids is 1. The van der Waals surface area contributed by atoms with Crippen LogP contribution in [0.3, 0.4) is 0 Å². The lowest BCUT2D eigenvalue weighted by Gasteiger charge is -2.16. The van der Waals surface area contributed by atoms with Gasteiger partial charge in [0.05, 0.1) is 16.6 Å². The standard InChI is InChI=1S/C21H22FN3O3/c1-4-14(3)23-19(26)12-24-18-10-5-13(2)11-17(18)20(27)25(21(24)28)16-8-6-15(22)7-9-16/h5-11,14H,4,12H2,1-3H3,(H,23,26)/t14-/m0/s1. The van der Waals surface area contributed by atoms with Crippen molar-refractivity contribution >= 4 is 16.8 Å². The largest absolute Gasteiger partial charge is 0.352 e. The summed E-state index contributed by atoms with van der Waals surface area (Å²) in [6.07, 6.45) is 0.760. The van der Waals surface area contributed by atoms with Crippen LogP contribution < -0.4 is 16.6 Å². The summed E-state index contributed by atoms with van der Waals surface area (Å²) in [7, 11) is 0. The second-order valence-corrected chi connectivity index (χ2v) is 6.88. The fraction of sp³-hybridized carbons (Fsp3) is 0.286. The number of benzene rings is 2. The van der Waals surface area contributed by atoms with Gasteiger partial charge >= 0.3 is 5.69 Å². The summed E-state index contributed by atoms with van der Waals surface area (Å²) in [5.74, 6) is -0.788. The lowest BCUT2D eigenvalue weighted by atomic mass is 10.1. The molecule has 1 N–H and O–H groups in total. The number of nitrogens with zero attached hydrogens (tertiary/aromatic N) is 2. The Hall–Kier alpha value is -3.22. The summed E-state index contributed by atoms with van der Waals surface area (Å²) in [6, 6.07) is 10.2.